The highest BCUT2D eigenvalue weighted by atomic mass is 16.5. The Morgan fingerprint density at radius 3 is 3.26 bits per heavy atom. The molecule has 6 heteroatoms. The molecule has 0 aliphatic carbocycles. The maximum absolute atomic E-state index is 11.7. The average molecular weight is 268 g/mol. The second-order valence-electron chi connectivity index (χ2n) is 4.36. The van der Waals surface area contributed by atoms with E-state index in [-0.39, 0.29) is 11.9 Å². The number of nitrogens with one attached hydrogen (secondary N) is 2. The Labute approximate surface area is 112 Å². The van der Waals surface area contributed by atoms with Crippen LogP contribution in [0, 0.1) is 0 Å². The van der Waals surface area contributed by atoms with Crippen LogP contribution in [0.1, 0.15) is 12.2 Å². The summed E-state index contributed by atoms with van der Waals surface area (Å²) in [5.41, 5.74) is 0. The predicted octanol–water partition coefficient (Wildman–Crippen LogP) is 0.291. The van der Waals surface area contributed by atoms with Gasteiger partial charge in [0.05, 0.1) is 19.5 Å². The molecule has 1 aromatic heterocycles. The van der Waals surface area contributed by atoms with Gasteiger partial charge in [0.15, 0.2) is 0 Å². The number of furan rings is 1. The quantitative estimate of drug-likeness (QED) is 0.695. The number of ether oxygens (including phenoxy) is 2. The lowest BCUT2D eigenvalue weighted by molar-refractivity contribution is -0.125. The second-order valence-corrected chi connectivity index (χ2v) is 4.36. The minimum Gasteiger partial charge on any atom is -0.467 e. The van der Waals surface area contributed by atoms with E-state index in [4.69, 9.17) is 13.9 Å². The molecule has 1 atom stereocenters. The van der Waals surface area contributed by atoms with Gasteiger partial charge in [0.1, 0.15) is 18.4 Å². The van der Waals surface area contributed by atoms with Gasteiger partial charge >= 0.3 is 0 Å². The maximum atomic E-state index is 11.7. The largest absolute Gasteiger partial charge is 0.467 e. The van der Waals surface area contributed by atoms with E-state index in [1.165, 1.54) is 0 Å². The molecule has 2 N–H and O–H groups in total. The standard InChI is InChI=1S/C13H20N2O4/c16-13(12-10-18-8-5-14-12)15-4-2-6-17-9-11-3-1-7-19-11/h1,3,7,12,14H,2,4-6,8-10H2,(H,15,16). The van der Waals surface area contributed by atoms with Gasteiger partial charge in [-0.3, -0.25) is 4.79 Å². The average Bonchev–Trinajstić information content (AvgIpc) is 2.96. The molecule has 2 rings (SSSR count). The van der Waals surface area contributed by atoms with E-state index < -0.39 is 0 Å². The topological polar surface area (TPSA) is 72.7 Å². The summed E-state index contributed by atoms with van der Waals surface area (Å²) in [7, 11) is 0. The molecule has 0 saturated carbocycles. The lowest BCUT2D eigenvalue weighted by Crippen LogP contribution is -2.51. The van der Waals surface area contributed by atoms with Gasteiger partial charge in [0, 0.05) is 19.7 Å². The number of rotatable bonds is 7. The number of hydrogen-bond acceptors (Lipinski definition) is 5. The summed E-state index contributed by atoms with van der Waals surface area (Å²) in [6, 6.07) is 3.48. The van der Waals surface area contributed by atoms with Crippen LogP contribution in [0.4, 0.5) is 0 Å². The Bertz CT molecular complexity index is 361. The van der Waals surface area contributed by atoms with Gasteiger partial charge in [-0.15, -0.1) is 0 Å². The minimum absolute atomic E-state index is 0.00858. The van der Waals surface area contributed by atoms with Crippen molar-refractivity contribution in [1.82, 2.24) is 10.6 Å². The predicted molar refractivity (Wildman–Crippen MR) is 68.6 cm³/mol. The molecule has 19 heavy (non-hydrogen) atoms. The summed E-state index contributed by atoms with van der Waals surface area (Å²) < 4.78 is 15.8. The Morgan fingerprint density at radius 1 is 1.58 bits per heavy atom. The van der Waals surface area contributed by atoms with E-state index in [0.29, 0.717) is 33.0 Å². The van der Waals surface area contributed by atoms with E-state index in [2.05, 4.69) is 10.6 Å². The fourth-order valence-corrected chi connectivity index (χ4v) is 1.81. The first kappa shape index (κ1) is 14.0. The van der Waals surface area contributed by atoms with Gasteiger partial charge in [-0.25, -0.2) is 0 Å². The lowest BCUT2D eigenvalue weighted by Gasteiger charge is -2.22. The molecule has 0 bridgehead atoms. The monoisotopic (exact) mass is 268 g/mol. The number of hydrogen-bond donors (Lipinski definition) is 2. The van der Waals surface area contributed by atoms with Crippen LogP contribution in [0.15, 0.2) is 22.8 Å². The van der Waals surface area contributed by atoms with E-state index in [1.807, 2.05) is 12.1 Å². The number of carbonyl (C=O) groups is 1. The van der Waals surface area contributed by atoms with Crippen LogP contribution in [-0.4, -0.2) is 44.9 Å². The maximum Gasteiger partial charge on any atom is 0.239 e. The molecule has 2 heterocycles. The van der Waals surface area contributed by atoms with Crippen LogP contribution >= 0.6 is 0 Å². The second kappa shape index (κ2) is 7.93. The van der Waals surface area contributed by atoms with Gasteiger partial charge in [0.25, 0.3) is 0 Å². The number of carbonyl (C=O) groups excluding carboxylic acids is 1. The first-order chi connectivity index (χ1) is 9.36. The summed E-state index contributed by atoms with van der Waals surface area (Å²) in [6.07, 6.45) is 2.40. The third-order valence-electron chi connectivity index (χ3n) is 2.83. The van der Waals surface area contributed by atoms with Gasteiger partial charge in [0.2, 0.25) is 5.91 Å². The van der Waals surface area contributed by atoms with E-state index in [9.17, 15) is 4.79 Å². The molecule has 0 radical (unpaired) electrons. The van der Waals surface area contributed by atoms with Crippen molar-refractivity contribution in [2.75, 3.05) is 32.9 Å². The van der Waals surface area contributed by atoms with E-state index >= 15 is 0 Å². The highest BCUT2D eigenvalue weighted by Crippen LogP contribution is 2.01. The van der Waals surface area contributed by atoms with Crippen molar-refractivity contribution >= 4 is 5.91 Å². The Balaban J connectivity index is 1.48. The Hall–Kier alpha value is -1.37. The molecule has 106 valence electrons. The SMILES string of the molecule is O=C(NCCCOCc1ccco1)C1COCCN1. The fraction of sp³-hybridized carbons (Fsp3) is 0.615. The Kier molecular flexibility index (Phi) is 5.87. The highest BCUT2D eigenvalue weighted by molar-refractivity contribution is 5.81. The third kappa shape index (κ3) is 5.02. The molecule has 0 spiro atoms. The molecule has 1 unspecified atom stereocenters. The zero-order chi connectivity index (χ0) is 13.3. The van der Waals surface area contributed by atoms with Crippen molar-refractivity contribution < 1.29 is 18.7 Å². The molecule has 1 fully saturated rings. The number of morpholine rings is 1. The van der Waals surface area contributed by atoms with Crippen LogP contribution < -0.4 is 10.6 Å². The van der Waals surface area contributed by atoms with Crippen molar-refractivity contribution in [3.63, 3.8) is 0 Å². The van der Waals surface area contributed by atoms with Crippen LogP contribution in [0.2, 0.25) is 0 Å². The summed E-state index contributed by atoms with van der Waals surface area (Å²) in [5.74, 6) is 0.804. The van der Waals surface area contributed by atoms with Crippen LogP contribution in [-0.2, 0) is 20.9 Å². The van der Waals surface area contributed by atoms with Gasteiger partial charge in [-0.1, -0.05) is 0 Å². The zero-order valence-electron chi connectivity index (χ0n) is 10.9. The van der Waals surface area contributed by atoms with Gasteiger partial charge in [-0.2, -0.15) is 0 Å². The van der Waals surface area contributed by atoms with Crippen molar-refractivity contribution in [2.45, 2.75) is 19.1 Å². The summed E-state index contributed by atoms with van der Waals surface area (Å²) >= 11 is 0. The fourth-order valence-electron chi connectivity index (χ4n) is 1.81. The first-order valence-electron chi connectivity index (χ1n) is 6.55. The van der Waals surface area contributed by atoms with Crippen LogP contribution in [0.25, 0.3) is 0 Å². The van der Waals surface area contributed by atoms with Crippen molar-refractivity contribution in [2.24, 2.45) is 0 Å². The zero-order valence-corrected chi connectivity index (χ0v) is 10.9. The molecular formula is C13H20N2O4. The Morgan fingerprint density at radius 2 is 2.53 bits per heavy atom. The van der Waals surface area contributed by atoms with E-state index in [0.717, 1.165) is 18.7 Å². The molecular weight excluding hydrogens is 248 g/mol. The molecule has 1 saturated heterocycles. The molecule has 1 amide bonds. The van der Waals surface area contributed by atoms with Crippen molar-refractivity contribution in [3.8, 4) is 0 Å². The van der Waals surface area contributed by atoms with Crippen LogP contribution in [0.3, 0.4) is 0 Å². The summed E-state index contributed by atoms with van der Waals surface area (Å²) in [5, 5.41) is 5.97. The molecule has 1 aliphatic rings. The van der Waals surface area contributed by atoms with Gasteiger partial charge < -0.3 is 24.5 Å². The normalized spacial score (nSPS) is 19.3. The van der Waals surface area contributed by atoms with Crippen LogP contribution in [0.5, 0.6) is 0 Å². The summed E-state index contributed by atoms with van der Waals surface area (Å²) in [6.45, 7) is 3.51. The lowest BCUT2D eigenvalue weighted by atomic mass is 10.2. The highest BCUT2D eigenvalue weighted by Gasteiger charge is 2.20. The smallest absolute Gasteiger partial charge is 0.239 e. The molecule has 6 nitrogen and oxygen atoms in total. The van der Waals surface area contributed by atoms with E-state index in [1.54, 1.807) is 6.26 Å². The number of amides is 1. The molecule has 1 aliphatic heterocycles. The summed E-state index contributed by atoms with van der Waals surface area (Å²) in [4.78, 5) is 11.7. The van der Waals surface area contributed by atoms with Crippen molar-refractivity contribution in [3.05, 3.63) is 24.2 Å². The third-order valence-corrected chi connectivity index (χ3v) is 2.83. The first-order valence-corrected chi connectivity index (χ1v) is 6.55. The van der Waals surface area contributed by atoms with Crippen molar-refractivity contribution in [1.29, 1.82) is 0 Å². The molecule has 1 aromatic rings. The van der Waals surface area contributed by atoms with Gasteiger partial charge in [-0.05, 0) is 18.6 Å². The minimum atomic E-state index is -0.224. The molecule has 0 aromatic carbocycles.